The summed E-state index contributed by atoms with van der Waals surface area (Å²) in [6, 6.07) is 18.0. The van der Waals surface area contributed by atoms with Crippen molar-refractivity contribution in [3.8, 4) is 0 Å². The lowest BCUT2D eigenvalue weighted by molar-refractivity contribution is 0.152. The van der Waals surface area contributed by atoms with Crippen LogP contribution in [0, 0.1) is 5.82 Å². The molecule has 21 heavy (non-hydrogen) atoms. The Balaban J connectivity index is 1.68. The Hall–Kier alpha value is -1.71. The smallest absolute Gasteiger partial charge is 0.123 e. The average Bonchev–Trinajstić information content (AvgIpc) is 2.52. The lowest BCUT2D eigenvalue weighted by Crippen LogP contribution is -2.51. The van der Waals surface area contributed by atoms with E-state index in [-0.39, 0.29) is 5.82 Å². The van der Waals surface area contributed by atoms with Gasteiger partial charge in [0.1, 0.15) is 5.82 Å². The number of piperazine rings is 1. The van der Waals surface area contributed by atoms with Crippen molar-refractivity contribution in [1.82, 2.24) is 10.2 Å². The Morgan fingerprint density at radius 2 is 1.76 bits per heavy atom. The monoisotopic (exact) mass is 284 g/mol. The first-order valence-electron chi connectivity index (χ1n) is 7.54. The molecule has 1 fully saturated rings. The first-order valence-corrected chi connectivity index (χ1v) is 7.54. The summed E-state index contributed by atoms with van der Waals surface area (Å²) in [7, 11) is 0. The summed E-state index contributed by atoms with van der Waals surface area (Å²) >= 11 is 0. The molecule has 2 aromatic rings. The molecule has 2 aromatic carbocycles. The van der Waals surface area contributed by atoms with Crippen LogP contribution in [0.5, 0.6) is 0 Å². The SMILES string of the molecule is Fc1ccc(CN2CCNCC2Cc2ccccc2)cc1. The highest BCUT2D eigenvalue weighted by molar-refractivity contribution is 5.18. The van der Waals surface area contributed by atoms with Gasteiger partial charge in [0, 0.05) is 32.2 Å². The molecular formula is C18H21FN2. The van der Waals surface area contributed by atoms with E-state index in [2.05, 4.69) is 40.5 Å². The number of rotatable bonds is 4. The summed E-state index contributed by atoms with van der Waals surface area (Å²) in [5.41, 5.74) is 2.55. The maximum Gasteiger partial charge on any atom is 0.123 e. The summed E-state index contributed by atoms with van der Waals surface area (Å²) in [6.07, 6.45) is 1.05. The summed E-state index contributed by atoms with van der Waals surface area (Å²) in [5, 5.41) is 3.48. The van der Waals surface area contributed by atoms with E-state index in [1.165, 1.54) is 11.1 Å². The first-order chi connectivity index (χ1) is 10.3. The molecule has 1 aliphatic heterocycles. The fourth-order valence-corrected chi connectivity index (χ4v) is 2.92. The zero-order chi connectivity index (χ0) is 14.5. The van der Waals surface area contributed by atoms with Gasteiger partial charge in [-0.1, -0.05) is 42.5 Å². The predicted octanol–water partition coefficient (Wildman–Crippen LogP) is 2.84. The fourth-order valence-electron chi connectivity index (χ4n) is 2.92. The van der Waals surface area contributed by atoms with E-state index in [0.717, 1.165) is 32.6 Å². The van der Waals surface area contributed by atoms with Gasteiger partial charge in [0.15, 0.2) is 0 Å². The standard InChI is InChI=1S/C18H21FN2/c19-17-8-6-16(7-9-17)14-21-11-10-20-13-18(21)12-15-4-2-1-3-5-15/h1-9,18,20H,10-14H2. The quantitative estimate of drug-likeness (QED) is 0.929. The molecule has 1 unspecified atom stereocenters. The molecule has 2 nitrogen and oxygen atoms in total. The summed E-state index contributed by atoms with van der Waals surface area (Å²) in [5.74, 6) is -0.167. The summed E-state index contributed by atoms with van der Waals surface area (Å²) < 4.78 is 13.0. The maximum absolute atomic E-state index is 13.0. The summed E-state index contributed by atoms with van der Waals surface area (Å²) in [4.78, 5) is 2.50. The Kier molecular flexibility index (Phi) is 4.63. The molecule has 0 amide bonds. The van der Waals surface area contributed by atoms with Gasteiger partial charge in [-0.15, -0.1) is 0 Å². The van der Waals surface area contributed by atoms with Crippen LogP contribution in [0.3, 0.4) is 0 Å². The molecule has 1 atom stereocenters. The van der Waals surface area contributed by atoms with Crippen molar-refractivity contribution < 1.29 is 4.39 Å². The van der Waals surface area contributed by atoms with Crippen molar-refractivity contribution >= 4 is 0 Å². The second-order valence-electron chi connectivity index (χ2n) is 5.64. The van der Waals surface area contributed by atoms with E-state index in [0.29, 0.717) is 6.04 Å². The van der Waals surface area contributed by atoms with Crippen molar-refractivity contribution in [2.45, 2.75) is 19.0 Å². The normalized spacial score (nSPS) is 19.6. The van der Waals surface area contributed by atoms with Crippen LogP contribution in [0.25, 0.3) is 0 Å². The van der Waals surface area contributed by atoms with Gasteiger partial charge in [-0.3, -0.25) is 4.90 Å². The zero-order valence-corrected chi connectivity index (χ0v) is 12.1. The minimum Gasteiger partial charge on any atom is -0.314 e. The largest absolute Gasteiger partial charge is 0.314 e. The fraction of sp³-hybridized carbons (Fsp3) is 0.333. The van der Waals surface area contributed by atoms with Crippen LogP contribution in [-0.2, 0) is 13.0 Å². The van der Waals surface area contributed by atoms with Crippen LogP contribution < -0.4 is 5.32 Å². The van der Waals surface area contributed by atoms with Gasteiger partial charge >= 0.3 is 0 Å². The molecule has 110 valence electrons. The molecule has 0 saturated carbocycles. The molecule has 0 bridgehead atoms. The third-order valence-corrected chi connectivity index (χ3v) is 4.09. The third-order valence-electron chi connectivity index (χ3n) is 4.09. The molecule has 1 aliphatic rings. The number of halogens is 1. The highest BCUT2D eigenvalue weighted by Gasteiger charge is 2.22. The van der Waals surface area contributed by atoms with Gasteiger partial charge in [-0.05, 0) is 29.7 Å². The third kappa shape index (κ3) is 3.90. The van der Waals surface area contributed by atoms with Gasteiger partial charge in [0.25, 0.3) is 0 Å². The van der Waals surface area contributed by atoms with E-state index >= 15 is 0 Å². The van der Waals surface area contributed by atoms with E-state index in [1.54, 1.807) is 12.1 Å². The lowest BCUT2D eigenvalue weighted by atomic mass is 10.0. The van der Waals surface area contributed by atoms with Gasteiger partial charge < -0.3 is 5.32 Å². The molecule has 3 rings (SSSR count). The minimum atomic E-state index is -0.167. The van der Waals surface area contributed by atoms with Crippen molar-refractivity contribution in [1.29, 1.82) is 0 Å². The van der Waals surface area contributed by atoms with E-state index in [4.69, 9.17) is 0 Å². The molecule has 3 heteroatoms. The van der Waals surface area contributed by atoms with E-state index in [9.17, 15) is 4.39 Å². The van der Waals surface area contributed by atoms with Crippen molar-refractivity contribution in [2.24, 2.45) is 0 Å². The van der Waals surface area contributed by atoms with Crippen LogP contribution >= 0.6 is 0 Å². The Morgan fingerprint density at radius 3 is 2.52 bits per heavy atom. The van der Waals surface area contributed by atoms with Crippen molar-refractivity contribution in [3.63, 3.8) is 0 Å². The Morgan fingerprint density at radius 1 is 1.00 bits per heavy atom. The molecule has 0 aliphatic carbocycles. The highest BCUT2D eigenvalue weighted by Crippen LogP contribution is 2.15. The van der Waals surface area contributed by atoms with Gasteiger partial charge in [0.05, 0.1) is 0 Å². The second-order valence-corrected chi connectivity index (χ2v) is 5.64. The average molecular weight is 284 g/mol. The summed E-state index contributed by atoms with van der Waals surface area (Å²) in [6.45, 7) is 3.96. The van der Waals surface area contributed by atoms with Gasteiger partial charge in [-0.25, -0.2) is 4.39 Å². The number of nitrogens with one attached hydrogen (secondary N) is 1. The Bertz CT molecular complexity index is 553. The van der Waals surface area contributed by atoms with E-state index in [1.807, 2.05) is 12.1 Å². The number of hydrogen-bond acceptors (Lipinski definition) is 2. The molecule has 1 saturated heterocycles. The molecular weight excluding hydrogens is 263 g/mol. The van der Waals surface area contributed by atoms with Crippen LogP contribution in [0.2, 0.25) is 0 Å². The molecule has 0 spiro atoms. The predicted molar refractivity (Wildman–Crippen MR) is 83.6 cm³/mol. The number of nitrogens with zero attached hydrogens (tertiary/aromatic N) is 1. The van der Waals surface area contributed by atoms with E-state index < -0.39 is 0 Å². The van der Waals surface area contributed by atoms with Crippen LogP contribution in [-0.4, -0.2) is 30.6 Å². The maximum atomic E-state index is 13.0. The van der Waals surface area contributed by atoms with Crippen LogP contribution in [0.15, 0.2) is 54.6 Å². The molecule has 1 N–H and O–H groups in total. The molecule has 0 aromatic heterocycles. The topological polar surface area (TPSA) is 15.3 Å². The van der Waals surface area contributed by atoms with Crippen LogP contribution in [0.1, 0.15) is 11.1 Å². The molecule has 0 radical (unpaired) electrons. The number of benzene rings is 2. The van der Waals surface area contributed by atoms with Crippen LogP contribution in [0.4, 0.5) is 4.39 Å². The second kappa shape index (κ2) is 6.83. The van der Waals surface area contributed by atoms with Crippen molar-refractivity contribution in [2.75, 3.05) is 19.6 Å². The minimum absolute atomic E-state index is 0.167. The van der Waals surface area contributed by atoms with Gasteiger partial charge in [0.2, 0.25) is 0 Å². The Labute approximate surface area is 125 Å². The first kappa shape index (κ1) is 14.2. The molecule has 1 heterocycles. The number of hydrogen-bond donors (Lipinski definition) is 1. The lowest BCUT2D eigenvalue weighted by Gasteiger charge is -2.36. The highest BCUT2D eigenvalue weighted by atomic mass is 19.1. The zero-order valence-electron chi connectivity index (χ0n) is 12.1. The van der Waals surface area contributed by atoms with Crippen molar-refractivity contribution in [3.05, 3.63) is 71.5 Å². The van der Waals surface area contributed by atoms with Gasteiger partial charge in [-0.2, -0.15) is 0 Å².